The fraction of sp³-hybridized carbons (Fsp3) is 0.294. The molecule has 1 atom stereocenters. The third-order valence-electron chi connectivity index (χ3n) is 4.10. The van der Waals surface area contributed by atoms with E-state index in [0.717, 1.165) is 10.8 Å². The average Bonchev–Trinajstić information content (AvgIpc) is 2.86. The summed E-state index contributed by atoms with van der Waals surface area (Å²) in [5, 5.41) is 11.7. The maximum Gasteiger partial charge on any atom is 0.211 e. The molecule has 0 aliphatic carbocycles. The van der Waals surface area contributed by atoms with Crippen LogP contribution in [0.5, 0.6) is 0 Å². The van der Waals surface area contributed by atoms with Gasteiger partial charge in [0, 0.05) is 17.3 Å². The van der Waals surface area contributed by atoms with Gasteiger partial charge in [-0.05, 0) is 43.3 Å². The lowest BCUT2D eigenvalue weighted by atomic mass is 10.1. The van der Waals surface area contributed by atoms with Crippen molar-refractivity contribution >= 4 is 31.8 Å². The Labute approximate surface area is 143 Å². The molecular formula is C17H18F2N2O3S. The number of benzene rings is 2. The summed E-state index contributed by atoms with van der Waals surface area (Å²) in [6, 6.07) is 8.48. The van der Waals surface area contributed by atoms with Crippen LogP contribution < -0.4 is 4.72 Å². The molecule has 0 saturated carbocycles. The van der Waals surface area contributed by atoms with E-state index in [1.165, 1.54) is 31.2 Å². The van der Waals surface area contributed by atoms with Crippen LogP contribution >= 0.6 is 0 Å². The van der Waals surface area contributed by atoms with Gasteiger partial charge >= 0.3 is 0 Å². The topological polar surface area (TPSA) is 71.3 Å². The van der Waals surface area contributed by atoms with Crippen LogP contribution in [0.4, 0.5) is 8.78 Å². The second kappa shape index (κ2) is 6.70. The molecule has 25 heavy (non-hydrogen) atoms. The molecule has 1 aromatic heterocycles. The highest BCUT2D eigenvalue weighted by Gasteiger charge is 2.16. The van der Waals surface area contributed by atoms with E-state index in [1.807, 2.05) is 0 Å². The van der Waals surface area contributed by atoms with Crippen LogP contribution in [-0.4, -0.2) is 36.5 Å². The Hall–Kier alpha value is -2.03. The van der Waals surface area contributed by atoms with Crippen LogP contribution in [0.2, 0.25) is 0 Å². The Morgan fingerprint density at radius 3 is 2.08 bits per heavy atom. The number of nitrogens with zero attached hydrogens (tertiary/aromatic N) is 1. The predicted octanol–water partition coefficient (Wildman–Crippen LogP) is 2.37. The molecule has 0 aliphatic rings. The van der Waals surface area contributed by atoms with Crippen LogP contribution in [-0.2, 0) is 16.6 Å². The number of fused-ring (bicyclic) bond motifs is 3. The monoisotopic (exact) mass is 368 g/mol. The minimum Gasteiger partial charge on any atom is -0.390 e. The summed E-state index contributed by atoms with van der Waals surface area (Å²) >= 11 is 0. The third kappa shape index (κ3) is 3.65. The van der Waals surface area contributed by atoms with E-state index in [1.54, 1.807) is 16.7 Å². The Morgan fingerprint density at radius 1 is 1.08 bits per heavy atom. The Kier molecular flexibility index (Phi) is 4.77. The molecule has 0 bridgehead atoms. The molecule has 3 rings (SSSR count). The predicted molar refractivity (Wildman–Crippen MR) is 92.8 cm³/mol. The van der Waals surface area contributed by atoms with Gasteiger partial charge in [0.15, 0.2) is 0 Å². The van der Waals surface area contributed by atoms with Crippen LogP contribution in [0.25, 0.3) is 21.8 Å². The fourth-order valence-electron chi connectivity index (χ4n) is 2.84. The first kappa shape index (κ1) is 17.8. The molecule has 2 aromatic carbocycles. The maximum absolute atomic E-state index is 13.7. The summed E-state index contributed by atoms with van der Waals surface area (Å²) in [7, 11) is -3.43. The number of aromatic nitrogens is 1. The van der Waals surface area contributed by atoms with Crippen LogP contribution in [0.15, 0.2) is 36.4 Å². The maximum atomic E-state index is 13.7. The van der Waals surface area contributed by atoms with Gasteiger partial charge in [0.2, 0.25) is 10.0 Å². The molecule has 1 unspecified atom stereocenters. The van der Waals surface area contributed by atoms with Gasteiger partial charge < -0.3 is 9.67 Å². The highest BCUT2D eigenvalue weighted by molar-refractivity contribution is 7.89. The van der Waals surface area contributed by atoms with Gasteiger partial charge in [0.1, 0.15) is 11.6 Å². The van der Waals surface area contributed by atoms with Gasteiger partial charge in [0.05, 0.1) is 29.4 Å². The van der Waals surface area contributed by atoms with E-state index in [9.17, 15) is 22.3 Å². The molecule has 5 nitrogen and oxygen atoms in total. The molecule has 0 saturated heterocycles. The number of hydrogen-bond acceptors (Lipinski definition) is 3. The molecule has 8 heteroatoms. The first-order valence-corrected chi connectivity index (χ1v) is 9.48. The van der Waals surface area contributed by atoms with E-state index in [4.69, 9.17) is 0 Å². The number of rotatable bonds is 6. The first-order chi connectivity index (χ1) is 11.8. The van der Waals surface area contributed by atoms with Crippen molar-refractivity contribution in [3.63, 3.8) is 0 Å². The van der Waals surface area contributed by atoms with Crippen molar-refractivity contribution < 1.29 is 22.3 Å². The summed E-state index contributed by atoms with van der Waals surface area (Å²) in [5.74, 6) is -0.984. The quantitative estimate of drug-likeness (QED) is 0.702. The number of aliphatic hydroxyl groups excluding tert-OH is 1. The zero-order valence-electron chi connectivity index (χ0n) is 13.5. The number of sulfonamides is 1. The lowest BCUT2D eigenvalue weighted by Gasteiger charge is -2.14. The molecule has 0 spiro atoms. The van der Waals surface area contributed by atoms with Crippen molar-refractivity contribution in [2.75, 3.05) is 12.3 Å². The van der Waals surface area contributed by atoms with Crippen molar-refractivity contribution in [3.05, 3.63) is 48.0 Å². The van der Waals surface area contributed by atoms with Gasteiger partial charge in [0.25, 0.3) is 0 Å². The molecule has 0 amide bonds. The standard InChI is InChI=1S/C17H18F2N2O3S/c1-2-25(23,24)20-9-13(22)10-21-16-7-11(18)3-5-14(16)15-6-4-12(19)8-17(15)21/h3-8,13,20,22H,2,9-10H2,1H3. The highest BCUT2D eigenvalue weighted by Crippen LogP contribution is 2.30. The van der Waals surface area contributed by atoms with Crippen molar-refractivity contribution in [1.29, 1.82) is 0 Å². The van der Waals surface area contributed by atoms with E-state index in [0.29, 0.717) is 11.0 Å². The summed E-state index contributed by atoms with van der Waals surface area (Å²) < 4.78 is 54.2. The fourth-order valence-corrected chi connectivity index (χ4v) is 3.49. The second-order valence-corrected chi connectivity index (χ2v) is 7.93. The van der Waals surface area contributed by atoms with Crippen LogP contribution in [0, 0.1) is 11.6 Å². The van der Waals surface area contributed by atoms with E-state index in [-0.39, 0.29) is 18.8 Å². The lowest BCUT2D eigenvalue weighted by Crippen LogP contribution is -2.35. The number of hydrogen-bond donors (Lipinski definition) is 2. The lowest BCUT2D eigenvalue weighted by molar-refractivity contribution is 0.161. The van der Waals surface area contributed by atoms with E-state index >= 15 is 0 Å². The number of halogens is 2. The van der Waals surface area contributed by atoms with Crippen molar-refractivity contribution in [1.82, 2.24) is 9.29 Å². The van der Waals surface area contributed by atoms with Gasteiger partial charge in [-0.1, -0.05) is 0 Å². The molecular weight excluding hydrogens is 350 g/mol. The molecule has 0 radical (unpaired) electrons. The second-order valence-electron chi connectivity index (χ2n) is 5.84. The minimum atomic E-state index is -3.43. The summed E-state index contributed by atoms with van der Waals surface area (Å²) in [6.07, 6.45) is -1.05. The first-order valence-electron chi connectivity index (χ1n) is 7.83. The summed E-state index contributed by atoms with van der Waals surface area (Å²) in [5.41, 5.74) is 1.02. The largest absolute Gasteiger partial charge is 0.390 e. The average molecular weight is 368 g/mol. The Bertz CT molecular complexity index is 972. The molecule has 2 N–H and O–H groups in total. The molecule has 134 valence electrons. The highest BCUT2D eigenvalue weighted by atomic mass is 32.2. The minimum absolute atomic E-state index is 0.000852. The molecule has 1 heterocycles. The van der Waals surface area contributed by atoms with Crippen LogP contribution in [0.1, 0.15) is 6.92 Å². The van der Waals surface area contributed by atoms with Gasteiger partial charge in [-0.25, -0.2) is 21.9 Å². The SMILES string of the molecule is CCS(=O)(=O)NCC(O)Cn1c2cc(F)ccc2c2ccc(F)cc21. The molecule has 3 aromatic rings. The van der Waals surface area contributed by atoms with Crippen molar-refractivity contribution in [2.24, 2.45) is 0 Å². The Morgan fingerprint density at radius 2 is 1.60 bits per heavy atom. The normalized spacial score (nSPS) is 13.6. The number of aliphatic hydroxyl groups is 1. The smallest absolute Gasteiger partial charge is 0.211 e. The van der Waals surface area contributed by atoms with Crippen molar-refractivity contribution in [2.45, 2.75) is 19.6 Å². The van der Waals surface area contributed by atoms with Crippen LogP contribution in [0.3, 0.4) is 0 Å². The van der Waals surface area contributed by atoms with E-state index in [2.05, 4.69) is 4.72 Å². The zero-order chi connectivity index (χ0) is 18.2. The van der Waals surface area contributed by atoms with Gasteiger partial charge in [-0.3, -0.25) is 0 Å². The van der Waals surface area contributed by atoms with Gasteiger partial charge in [-0.15, -0.1) is 0 Å². The summed E-state index contributed by atoms with van der Waals surface area (Å²) in [4.78, 5) is 0. The molecule has 0 fully saturated rings. The van der Waals surface area contributed by atoms with Crippen molar-refractivity contribution in [3.8, 4) is 0 Å². The summed E-state index contributed by atoms with van der Waals surface area (Å²) in [6.45, 7) is 1.31. The van der Waals surface area contributed by atoms with Gasteiger partial charge in [-0.2, -0.15) is 0 Å². The third-order valence-corrected chi connectivity index (χ3v) is 5.47. The Balaban J connectivity index is 2.01. The van der Waals surface area contributed by atoms with E-state index < -0.39 is 27.8 Å². The zero-order valence-corrected chi connectivity index (χ0v) is 14.4. The molecule has 0 aliphatic heterocycles. The number of nitrogens with one attached hydrogen (secondary N) is 1.